The van der Waals surface area contributed by atoms with Crippen LogP contribution in [0.1, 0.15) is 107 Å². The average Bonchev–Trinajstić information content (AvgIpc) is 0.673. The Kier molecular flexibility index (Phi) is 20.1. The van der Waals surface area contributed by atoms with E-state index in [0.717, 1.165) is 11.9 Å². The number of carboxylic acids is 1. The maximum atomic E-state index is 14.2. The first-order valence-corrected chi connectivity index (χ1v) is 30.4. The Bertz CT molecular complexity index is 2600. The van der Waals surface area contributed by atoms with Gasteiger partial charge in [-0.15, -0.1) is 0 Å². The van der Waals surface area contributed by atoms with Crippen molar-refractivity contribution in [1.29, 1.82) is 0 Å². The number of aliphatic hydroxyl groups excluding tert-OH is 13. The zero-order valence-corrected chi connectivity index (χ0v) is 51.0. The summed E-state index contributed by atoms with van der Waals surface area (Å²) in [6.07, 6.45) is -35.7. The van der Waals surface area contributed by atoms with E-state index in [1.807, 2.05) is 13.8 Å². The molecule has 4 aliphatic heterocycles. The van der Waals surface area contributed by atoms with Crippen LogP contribution in [0, 0.1) is 50.2 Å². The van der Waals surface area contributed by atoms with E-state index in [4.69, 9.17) is 47.4 Å². The molecule has 28 heteroatoms. The number of rotatable bonds is 16. The molecule has 4 heterocycles. The molecule has 9 rings (SSSR count). The molecule has 9 aliphatic rings. The van der Waals surface area contributed by atoms with Crippen LogP contribution in [-0.2, 0) is 66.5 Å². The molecule has 4 unspecified atom stereocenters. The summed E-state index contributed by atoms with van der Waals surface area (Å²) in [6.45, 7) is 13.6. The van der Waals surface area contributed by atoms with Gasteiger partial charge in [-0.2, -0.15) is 0 Å². The predicted octanol–water partition coefficient (Wildman–Crippen LogP) is -2.65. The Balaban J connectivity index is 1.05. The largest absolute Gasteiger partial charge is 0.479 e. The van der Waals surface area contributed by atoms with E-state index in [2.05, 4.69) is 26.8 Å². The fourth-order valence-corrected chi connectivity index (χ4v) is 17.2. The second-order valence-electron chi connectivity index (χ2n) is 27.8. The van der Waals surface area contributed by atoms with Crippen LogP contribution in [0.5, 0.6) is 0 Å². The van der Waals surface area contributed by atoms with Gasteiger partial charge in [-0.25, -0.2) is 9.59 Å². The summed E-state index contributed by atoms with van der Waals surface area (Å²) in [5.41, 5.74) is -4.52. The van der Waals surface area contributed by atoms with E-state index >= 15 is 0 Å². The van der Waals surface area contributed by atoms with Crippen LogP contribution < -0.4 is 0 Å². The van der Waals surface area contributed by atoms with Crippen LogP contribution in [0.25, 0.3) is 0 Å². The fraction of sp³-hybridized carbons (Fsp3) is 0.867. The Morgan fingerprint density at radius 2 is 1.26 bits per heavy atom. The highest BCUT2D eigenvalue weighted by Crippen LogP contribution is 2.76. The van der Waals surface area contributed by atoms with Crippen LogP contribution in [0.2, 0.25) is 0 Å². The summed E-state index contributed by atoms with van der Waals surface area (Å²) >= 11 is 0. The number of aliphatic hydroxyl groups is 13. The molecule has 0 aromatic carbocycles. The van der Waals surface area contributed by atoms with E-state index < -0.39 is 223 Å². The lowest BCUT2D eigenvalue weighted by Crippen LogP contribution is -2.72. The fourth-order valence-electron chi connectivity index (χ4n) is 17.2. The van der Waals surface area contributed by atoms with Crippen molar-refractivity contribution < 1.29 is 138 Å². The normalized spacial score (nSPS) is 51.1. The number of ether oxygens (including phenoxy) is 10. The molecule has 0 amide bonds. The van der Waals surface area contributed by atoms with Crippen LogP contribution in [0.4, 0.5) is 0 Å². The van der Waals surface area contributed by atoms with Crippen LogP contribution in [0.15, 0.2) is 23.3 Å². The molecule has 88 heavy (non-hydrogen) atoms. The lowest BCUT2D eigenvalue weighted by Gasteiger charge is -2.72. The summed E-state index contributed by atoms with van der Waals surface area (Å²) in [5, 5.41) is 155. The number of hydrogen-bond donors (Lipinski definition) is 14. The van der Waals surface area contributed by atoms with Gasteiger partial charge in [0.2, 0.25) is 0 Å². The van der Waals surface area contributed by atoms with Crippen molar-refractivity contribution in [3.8, 4) is 0 Å². The van der Waals surface area contributed by atoms with Gasteiger partial charge in [-0.1, -0.05) is 59.3 Å². The average molecular weight is 1260 g/mol. The first-order chi connectivity index (χ1) is 41.2. The summed E-state index contributed by atoms with van der Waals surface area (Å²) in [5.74, 6) is -4.25. The lowest BCUT2D eigenvalue weighted by molar-refractivity contribution is -0.400. The number of aldehydes is 1. The topological polar surface area (TPSA) is 444 Å². The zero-order valence-electron chi connectivity index (χ0n) is 51.0. The maximum absolute atomic E-state index is 14.2. The van der Waals surface area contributed by atoms with Crippen molar-refractivity contribution in [2.24, 2.45) is 50.2 Å². The van der Waals surface area contributed by atoms with E-state index in [1.165, 1.54) is 6.92 Å². The summed E-state index contributed by atoms with van der Waals surface area (Å²) in [4.78, 5) is 53.4. The molecule has 28 nitrogen and oxygen atoms in total. The van der Waals surface area contributed by atoms with E-state index in [0.29, 0.717) is 37.7 Å². The molecule has 4 saturated carbocycles. The van der Waals surface area contributed by atoms with Gasteiger partial charge in [0.05, 0.1) is 42.9 Å². The molecule has 500 valence electrons. The van der Waals surface area contributed by atoms with Crippen molar-refractivity contribution in [1.82, 2.24) is 0 Å². The highest BCUT2D eigenvalue weighted by atomic mass is 16.8. The molecule has 5 aliphatic carbocycles. The van der Waals surface area contributed by atoms with Crippen molar-refractivity contribution in [2.45, 2.75) is 248 Å². The molecular formula is C60H92O28. The molecule has 31 atom stereocenters. The Morgan fingerprint density at radius 1 is 0.670 bits per heavy atom. The summed E-state index contributed by atoms with van der Waals surface area (Å²) in [7, 11) is 0. The van der Waals surface area contributed by atoms with Crippen molar-refractivity contribution in [3.05, 3.63) is 23.3 Å². The van der Waals surface area contributed by atoms with Gasteiger partial charge in [0.1, 0.15) is 111 Å². The number of aliphatic carboxylic acids is 1. The first-order valence-electron chi connectivity index (χ1n) is 30.4. The third-order valence-electron chi connectivity index (χ3n) is 22.6. The quantitative estimate of drug-likeness (QED) is 0.0247. The Morgan fingerprint density at radius 3 is 1.82 bits per heavy atom. The molecule has 0 radical (unpaired) electrons. The number of esters is 2. The Hall–Kier alpha value is -3.28. The van der Waals surface area contributed by atoms with Gasteiger partial charge in [-0.3, -0.25) is 4.79 Å². The van der Waals surface area contributed by atoms with E-state index in [9.17, 15) is 90.7 Å². The first kappa shape index (κ1) is 69.1. The van der Waals surface area contributed by atoms with E-state index in [1.54, 1.807) is 26.8 Å². The molecular weight excluding hydrogens is 1170 g/mol. The minimum absolute atomic E-state index is 0.0926. The minimum atomic E-state index is -2.32. The minimum Gasteiger partial charge on any atom is -0.479 e. The SMILES string of the molecule is C/C=C(\C)C(=O)O[C@H]1[C@H](O)[C@@]2(COC(C)=O)C(CC1(C)C)C1=CCC3[C@@]4(C)CC[C@H](O[C@@H]5O[C@H](C(=O)O)[C@@H](O)[C@H](O[C@@H]6OC[C@H](O)[C@H](O)[C@H]6O[C@@H]6O[C@H](CO)[C@@H](O)[C@H](O)[C@H]6O)[C@H]5O[C@@H]5O[C@H](CO)[C@H](O)[C@H](O)[C@H]5O)C(C)(C=O)C4CC[C@@]3(C)[C@]1(C)C[C@H]2O. The maximum Gasteiger partial charge on any atom is 0.335 e. The second-order valence-corrected chi connectivity index (χ2v) is 27.8. The Labute approximate surface area is 509 Å². The zero-order chi connectivity index (χ0) is 64.9. The van der Waals surface area contributed by atoms with Gasteiger partial charge in [-0.05, 0) is 92.8 Å². The van der Waals surface area contributed by atoms with Crippen LogP contribution in [-0.4, -0.2) is 263 Å². The van der Waals surface area contributed by atoms with Gasteiger partial charge in [0.15, 0.2) is 31.3 Å². The molecule has 0 spiro atoms. The molecule has 4 saturated heterocycles. The van der Waals surface area contributed by atoms with Crippen LogP contribution in [0.3, 0.4) is 0 Å². The molecule has 0 aromatic rings. The van der Waals surface area contributed by atoms with Gasteiger partial charge in [0.25, 0.3) is 0 Å². The number of carbonyl (C=O) groups excluding carboxylic acids is 3. The van der Waals surface area contributed by atoms with Crippen molar-refractivity contribution in [3.63, 3.8) is 0 Å². The van der Waals surface area contributed by atoms with E-state index in [-0.39, 0.29) is 25.4 Å². The lowest BCUT2D eigenvalue weighted by atomic mass is 9.33. The third-order valence-corrected chi connectivity index (χ3v) is 22.6. The molecule has 14 N–H and O–H groups in total. The monoisotopic (exact) mass is 1260 g/mol. The molecule has 0 bridgehead atoms. The van der Waals surface area contributed by atoms with Crippen LogP contribution >= 0.6 is 0 Å². The highest BCUT2D eigenvalue weighted by Gasteiger charge is 2.74. The summed E-state index contributed by atoms with van der Waals surface area (Å²) in [6, 6.07) is 0. The number of carbonyl (C=O) groups is 4. The number of fused-ring (bicyclic) bond motifs is 7. The van der Waals surface area contributed by atoms with Crippen molar-refractivity contribution in [2.75, 3.05) is 26.4 Å². The number of hydrogen-bond acceptors (Lipinski definition) is 27. The third kappa shape index (κ3) is 11.3. The number of allylic oxidation sites excluding steroid dienone is 3. The molecule has 8 fully saturated rings. The predicted molar refractivity (Wildman–Crippen MR) is 295 cm³/mol. The highest BCUT2D eigenvalue weighted by molar-refractivity contribution is 5.87. The van der Waals surface area contributed by atoms with Gasteiger partial charge >= 0.3 is 17.9 Å². The van der Waals surface area contributed by atoms with Crippen molar-refractivity contribution >= 4 is 24.2 Å². The van der Waals surface area contributed by atoms with Gasteiger partial charge in [0, 0.05) is 17.9 Å². The number of carboxylic acid groups (broad SMARTS) is 1. The second kappa shape index (κ2) is 25.6. The summed E-state index contributed by atoms with van der Waals surface area (Å²) < 4.78 is 60.1. The molecule has 0 aromatic heterocycles. The smallest absolute Gasteiger partial charge is 0.335 e. The van der Waals surface area contributed by atoms with Gasteiger partial charge < -0.3 is 124 Å². The standard InChI is InChI=1S/C60H92O28/c1-10-24(2)50(78)88-48-47(75)60(23-80-25(3)64)27(17-55(48,4)5)26-11-12-32-56(6)15-14-34(57(7,22-63)31(56)13-16-58(32,8)59(26,9)18-33(60)66)83-54-46(87-52-41(73)39(71)37(69)30(20-62)82-52)43(42(74)44(85-54)49(76)77)84-53-45(35(67)28(65)21-79-53)86-51-40(72)38(70)36(68)29(19-61)81-51/h10-11,22,27-48,51-54,61-62,65-75H,12-21,23H2,1-9H3,(H,76,77)/b24-10+/t27?,28-,29+,30+,31?,32?,33+,34-,35-,36+,37-,38-,39-,40+,41+,42-,43-,44-,45+,46+,47-,48-,51-,52-,53-,54+,56-,57?,58+,59+,60-/m0/s1.